The van der Waals surface area contributed by atoms with E-state index in [2.05, 4.69) is 10.6 Å². The summed E-state index contributed by atoms with van der Waals surface area (Å²) < 4.78 is 0. The first-order chi connectivity index (χ1) is 12.4. The predicted molar refractivity (Wildman–Crippen MR) is 96.4 cm³/mol. The molecule has 1 unspecified atom stereocenters. The molecule has 7 heteroatoms. The summed E-state index contributed by atoms with van der Waals surface area (Å²) in [5.74, 6) is -0.235. The van der Waals surface area contributed by atoms with Crippen LogP contribution in [0.5, 0.6) is 0 Å². The number of rotatable bonds is 9. The number of hydrogen-bond donors (Lipinski definition) is 3. The molecule has 3 aliphatic carbocycles. The Morgan fingerprint density at radius 2 is 1.77 bits per heavy atom. The van der Waals surface area contributed by atoms with Crippen molar-refractivity contribution in [2.45, 2.75) is 76.4 Å². The first-order valence-corrected chi connectivity index (χ1v) is 9.99. The number of carboxylic acids is 1. The van der Waals surface area contributed by atoms with Crippen molar-refractivity contribution < 1.29 is 19.5 Å². The highest BCUT2D eigenvalue weighted by molar-refractivity contribution is 5.88. The average molecular weight is 365 g/mol. The smallest absolute Gasteiger partial charge is 0.317 e. The van der Waals surface area contributed by atoms with E-state index in [9.17, 15) is 14.4 Å². The Hall–Kier alpha value is -1.63. The van der Waals surface area contributed by atoms with Crippen LogP contribution in [0.25, 0.3) is 0 Å². The lowest BCUT2D eigenvalue weighted by atomic mass is 9.85. The maximum absolute atomic E-state index is 12.3. The Kier molecular flexibility index (Phi) is 6.16. The monoisotopic (exact) mass is 365 g/mol. The maximum Gasteiger partial charge on any atom is 0.317 e. The first kappa shape index (κ1) is 19.1. The molecular formula is C19H31N3O4. The highest BCUT2D eigenvalue weighted by Gasteiger charge is 2.38. The zero-order valence-electron chi connectivity index (χ0n) is 15.6. The van der Waals surface area contributed by atoms with Crippen LogP contribution in [0.3, 0.4) is 0 Å². The fourth-order valence-corrected chi connectivity index (χ4v) is 4.06. The van der Waals surface area contributed by atoms with E-state index in [-0.39, 0.29) is 36.4 Å². The molecule has 3 fully saturated rings. The number of amides is 2. The minimum atomic E-state index is -0.790. The Balaban J connectivity index is 1.38. The molecule has 26 heavy (non-hydrogen) atoms. The SMILES string of the molecule is CC(NC(=O)C1CCCC1)C(=O)NC1CC(N(CC(=O)O)CC2CC2)C1. The van der Waals surface area contributed by atoms with Gasteiger partial charge < -0.3 is 15.7 Å². The minimum absolute atomic E-state index is 0.00583. The standard InChI is InChI=1S/C19H31N3O4/c1-12(20-19(26)14-4-2-3-5-14)18(25)21-15-8-16(9-15)22(11-17(23)24)10-13-6-7-13/h12-16H,2-11H2,1H3,(H,20,26)(H,21,25)(H,23,24). The van der Waals surface area contributed by atoms with Gasteiger partial charge in [-0.1, -0.05) is 12.8 Å². The molecule has 2 amide bonds. The molecule has 3 aliphatic rings. The van der Waals surface area contributed by atoms with Gasteiger partial charge in [0.1, 0.15) is 6.04 Å². The van der Waals surface area contributed by atoms with Gasteiger partial charge in [-0.15, -0.1) is 0 Å². The minimum Gasteiger partial charge on any atom is -0.480 e. The van der Waals surface area contributed by atoms with Crippen molar-refractivity contribution in [2.75, 3.05) is 13.1 Å². The molecule has 0 aromatic heterocycles. The quantitative estimate of drug-likeness (QED) is 0.569. The van der Waals surface area contributed by atoms with Gasteiger partial charge in [0.2, 0.25) is 11.8 Å². The maximum atomic E-state index is 12.3. The molecule has 0 spiro atoms. The molecule has 7 nitrogen and oxygen atoms in total. The Morgan fingerprint density at radius 3 is 2.35 bits per heavy atom. The summed E-state index contributed by atoms with van der Waals surface area (Å²) in [5, 5.41) is 14.9. The second-order valence-corrected chi connectivity index (χ2v) is 8.31. The third-order valence-corrected chi connectivity index (χ3v) is 5.98. The fourth-order valence-electron chi connectivity index (χ4n) is 4.06. The van der Waals surface area contributed by atoms with E-state index < -0.39 is 12.0 Å². The van der Waals surface area contributed by atoms with Gasteiger partial charge >= 0.3 is 5.97 Å². The van der Waals surface area contributed by atoms with Crippen molar-refractivity contribution in [2.24, 2.45) is 11.8 Å². The van der Waals surface area contributed by atoms with Gasteiger partial charge in [-0.05, 0) is 51.4 Å². The van der Waals surface area contributed by atoms with Crippen molar-refractivity contribution in [3.63, 3.8) is 0 Å². The van der Waals surface area contributed by atoms with Gasteiger partial charge in [0.05, 0.1) is 6.54 Å². The number of aliphatic carboxylic acids is 1. The summed E-state index contributed by atoms with van der Waals surface area (Å²) in [5.41, 5.74) is 0. The Labute approximate surface area is 154 Å². The van der Waals surface area contributed by atoms with Gasteiger partial charge in [0.25, 0.3) is 0 Å². The Morgan fingerprint density at radius 1 is 1.12 bits per heavy atom. The van der Waals surface area contributed by atoms with Crippen molar-refractivity contribution >= 4 is 17.8 Å². The van der Waals surface area contributed by atoms with Gasteiger partial charge in [0, 0.05) is 24.5 Å². The van der Waals surface area contributed by atoms with Gasteiger partial charge in [-0.25, -0.2) is 0 Å². The second-order valence-electron chi connectivity index (χ2n) is 8.31. The molecule has 3 N–H and O–H groups in total. The number of hydrogen-bond acceptors (Lipinski definition) is 4. The zero-order valence-corrected chi connectivity index (χ0v) is 15.6. The van der Waals surface area contributed by atoms with Crippen LogP contribution >= 0.6 is 0 Å². The molecular weight excluding hydrogens is 334 g/mol. The summed E-state index contributed by atoms with van der Waals surface area (Å²) in [6.07, 6.45) is 7.99. The lowest BCUT2D eigenvalue weighted by molar-refractivity contribution is -0.140. The van der Waals surface area contributed by atoms with E-state index in [0.717, 1.165) is 45.1 Å². The molecule has 0 heterocycles. The van der Waals surface area contributed by atoms with E-state index in [1.807, 2.05) is 4.90 Å². The third-order valence-electron chi connectivity index (χ3n) is 5.98. The highest BCUT2D eigenvalue weighted by atomic mass is 16.4. The number of carboxylic acid groups (broad SMARTS) is 1. The fraction of sp³-hybridized carbons (Fsp3) is 0.842. The van der Waals surface area contributed by atoms with Crippen LogP contribution in [0.1, 0.15) is 58.3 Å². The molecule has 0 bridgehead atoms. The van der Waals surface area contributed by atoms with Crippen molar-refractivity contribution in [1.82, 2.24) is 15.5 Å². The Bertz CT molecular complexity index is 537. The van der Waals surface area contributed by atoms with E-state index in [1.54, 1.807) is 6.92 Å². The molecule has 0 aliphatic heterocycles. The van der Waals surface area contributed by atoms with E-state index in [4.69, 9.17) is 5.11 Å². The van der Waals surface area contributed by atoms with E-state index in [0.29, 0.717) is 5.92 Å². The van der Waals surface area contributed by atoms with Gasteiger partial charge in [-0.2, -0.15) is 0 Å². The predicted octanol–water partition coefficient (Wildman–Crippen LogP) is 1.13. The zero-order chi connectivity index (χ0) is 18.7. The van der Waals surface area contributed by atoms with Crippen LogP contribution in [-0.4, -0.2) is 59.0 Å². The lowest BCUT2D eigenvalue weighted by Crippen LogP contribution is -2.58. The summed E-state index contributed by atoms with van der Waals surface area (Å²) in [7, 11) is 0. The number of nitrogens with zero attached hydrogens (tertiary/aromatic N) is 1. The summed E-state index contributed by atoms with van der Waals surface area (Å²) in [4.78, 5) is 37.5. The van der Waals surface area contributed by atoms with E-state index in [1.165, 1.54) is 12.8 Å². The van der Waals surface area contributed by atoms with Gasteiger partial charge in [-0.3, -0.25) is 19.3 Å². The second kappa shape index (κ2) is 8.37. The lowest BCUT2D eigenvalue weighted by Gasteiger charge is -2.43. The third kappa shape index (κ3) is 5.19. The first-order valence-electron chi connectivity index (χ1n) is 9.99. The molecule has 146 valence electrons. The van der Waals surface area contributed by atoms with Crippen LogP contribution in [-0.2, 0) is 14.4 Å². The number of carbonyl (C=O) groups excluding carboxylic acids is 2. The van der Waals surface area contributed by atoms with Crippen molar-refractivity contribution in [3.8, 4) is 0 Å². The molecule has 1 atom stereocenters. The summed E-state index contributed by atoms with van der Waals surface area (Å²) in [6, 6.07) is -0.210. The number of carbonyl (C=O) groups is 3. The molecule has 0 aromatic carbocycles. The molecule has 0 saturated heterocycles. The summed E-state index contributed by atoms with van der Waals surface area (Å²) >= 11 is 0. The molecule has 0 aromatic rings. The van der Waals surface area contributed by atoms with Crippen LogP contribution in [0.15, 0.2) is 0 Å². The topological polar surface area (TPSA) is 98.7 Å². The van der Waals surface area contributed by atoms with Crippen LogP contribution in [0, 0.1) is 11.8 Å². The van der Waals surface area contributed by atoms with E-state index >= 15 is 0 Å². The number of nitrogens with one attached hydrogen (secondary N) is 2. The van der Waals surface area contributed by atoms with Crippen molar-refractivity contribution in [1.29, 1.82) is 0 Å². The average Bonchev–Trinajstić information content (AvgIpc) is 3.18. The normalized spacial score (nSPS) is 27.0. The van der Waals surface area contributed by atoms with Crippen LogP contribution in [0.4, 0.5) is 0 Å². The molecule has 3 saturated carbocycles. The van der Waals surface area contributed by atoms with Crippen molar-refractivity contribution in [3.05, 3.63) is 0 Å². The van der Waals surface area contributed by atoms with Gasteiger partial charge in [0.15, 0.2) is 0 Å². The highest BCUT2D eigenvalue weighted by Crippen LogP contribution is 2.33. The summed E-state index contributed by atoms with van der Waals surface area (Å²) in [6.45, 7) is 2.66. The van der Waals surface area contributed by atoms with Crippen LogP contribution < -0.4 is 10.6 Å². The molecule has 3 rings (SSSR count). The van der Waals surface area contributed by atoms with Crippen LogP contribution in [0.2, 0.25) is 0 Å². The molecule has 0 radical (unpaired) electrons. The largest absolute Gasteiger partial charge is 0.480 e.